The first-order valence-corrected chi connectivity index (χ1v) is 6.17. The van der Waals surface area contributed by atoms with Crippen molar-refractivity contribution >= 4 is 11.6 Å². The van der Waals surface area contributed by atoms with Crippen molar-refractivity contribution in [2.45, 2.75) is 66.7 Å². The molecule has 0 saturated heterocycles. The highest BCUT2D eigenvalue weighted by molar-refractivity contribution is 6.37. The lowest BCUT2D eigenvalue weighted by molar-refractivity contribution is -0.138. The largest absolute Gasteiger partial charge is 0.291 e. The Kier molecular flexibility index (Phi) is 12.8. The molecule has 0 amide bonds. The number of carbonyl (C=O) groups is 2. The number of carbonyl (C=O) groups excluding carboxylic acids is 2. The number of hydrogen-bond acceptors (Lipinski definition) is 2. The summed E-state index contributed by atoms with van der Waals surface area (Å²) in [6.07, 6.45) is 4.48. The highest BCUT2D eigenvalue weighted by atomic mass is 16.2. The fourth-order valence-corrected chi connectivity index (χ4v) is 1.05. The van der Waals surface area contributed by atoms with Gasteiger partial charge >= 0.3 is 0 Å². The van der Waals surface area contributed by atoms with Crippen LogP contribution in [0.5, 0.6) is 0 Å². The maximum Gasteiger partial charge on any atom is 0.198 e. The lowest BCUT2D eigenvalue weighted by atomic mass is 9.89. The Morgan fingerprint density at radius 1 is 1.07 bits per heavy atom. The highest BCUT2D eigenvalue weighted by Gasteiger charge is 2.22. The van der Waals surface area contributed by atoms with Crippen molar-refractivity contribution in [3.63, 3.8) is 0 Å². The van der Waals surface area contributed by atoms with E-state index in [1.807, 2.05) is 20.8 Å². The number of rotatable bonds is 1. The van der Waals surface area contributed by atoms with Gasteiger partial charge in [-0.25, -0.2) is 0 Å². The smallest absolute Gasteiger partial charge is 0.198 e. The van der Waals surface area contributed by atoms with E-state index in [0.29, 0.717) is 18.8 Å². The summed E-state index contributed by atoms with van der Waals surface area (Å²) in [6, 6.07) is 0. The Balaban J connectivity index is 0. The third kappa shape index (κ3) is 9.64. The van der Waals surface area contributed by atoms with Gasteiger partial charge in [-0.05, 0) is 12.3 Å². The second-order valence-electron chi connectivity index (χ2n) is 3.69. The lowest BCUT2D eigenvalue weighted by Gasteiger charge is -2.13. The normalized spacial score (nSPS) is 19.7. The molecule has 0 aliphatic heterocycles. The van der Waals surface area contributed by atoms with Crippen molar-refractivity contribution in [1.82, 2.24) is 0 Å². The van der Waals surface area contributed by atoms with Crippen molar-refractivity contribution < 1.29 is 9.59 Å². The van der Waals surface area contributed by atoms with Crippen LogP contribution in [0.1, 0.15) is 66.7 Å². The molecule has 2 heteroatoms. The van der Waals surface area contributed by atoms with Crippen LogP contribution in [0.25, 0.3) is 0 Å². The van der Waals surface area contributed by atoms with E-state index >= 15 is 0 Å². The molecular weight excluding hydrogens is 188 g/mol. The van der Waals surface area contributed by atoms with Gasteiger partial charge in [-0.2, -0.15) is 0 Å². The SMILES string of the molecule is CC.CC1CCC(=O)C(=O)C1.CCCC. The van der Waals surface area contributed by atoms with Gasteiger partial charge in [0.05, 0.1) is 0 Å². The minimum atomic E-state index is -0.173. The Bertz CT molecular complexity index is 171. The summed E-state index contributed by atoms with van der Waals surface area (Å²) in [4.78, 5) is 21.2. The monoisotopic (exact) mass is 214 g/mol. The number of Topliss-reactive ketones (excluding diaryl/α,β-unsaturated/α-hetero) is 2. The van der Waals surface area contributed by atoms with Crippen LogP contribution < -0.4 is 0 Å². The molecule has 0 bridgehead atoms. The molecule has 0 aromatic heterocycles. The predicted molar refractivity (Wildman–Crippen MR) is 65.0 cm³/mol. The zero-order valence-electron chi connectivity index (χ0n) is 10.9. The van der Waals surface area contributed by atoms with Gasteiger partial charge in [0.2, 0.25) is 0 Å². The molecule has 1 rings (SSSR count). The fraction of sp³-hybridized carbons (Fsp3) is 0.846. The number of unbranched alkanes of at least 4 members (excludes halogenated alkanes) is 1. The Labute approximate surface area is 94.4 Å². The molecular formula is C13H26O2. The van der Waals surface area contributed by atoms with Crippen LogP contribution in [0.2, 0.25) is 0 Å². The summed E-state index contributed by atoms with van der Waals surface area (Å²) >= 11 is 0. The van der Waals surface area contributed by atoms with E-state index in [2.05, 4.69) is 13.8 Å². The van der Waals surface area contributed by atoms with Crippen LogP contribution in [0.4, 0.5) is 0 Å². The van der Waals surface area contributed by atoms with Gasteiger partial charge in [0.1, 0.15) is 0 Å². The molecule has 1 saturated carbocycles. The molecule has 1 aliphatic rings. The summed E-state index contributed by atoms with van der Waals surface area (Å²) in [7, 11) is 0. The highest BCUT2D eigenvalue weighted by Crippen LogP contribution is 2.17. The molecule has 0 radical (unpaired) electrons. The average molecular weight is 214 g/mol. The number of ketones is 2. The van der Waals surface area contributed by atoms with Crippen molar-refractivity contribution in [2.75, 3.05) is 0 Å². The predicted octanol–water partition coefficient (Wildman–Crippen LogP) is 3.78. The standard InChI is InChI=1S/C7H10O2.C4H10.C2H6/c1-5-2-3-6(8)7(9)4-5;1-3-4-2;1-2/h5H,2-4H2,1H3;3-4H2,1-2H3;1-2H3. The van der Waals surface area contributed by atoms with Crippen LogP contribution in [0, 0.1) is 5.92 Å². The Morgan fingerprint density at radius 3 is 1.80 bits per heavy atom. The van der Waals surface area contributed by atoms with Gasteiger partial charge in [0.15, 0.2) is 11.6 Å². The molecule has 2 nitrogen and oxygen atoms in total. The zero-order valence-corrected chi connectivity index (χ0v) is 10.9. The first kappa shape index (κ1) is 16.8. The third-order valence-electron chi connectivity index (χ3n) is 2.21. The maximum absolute atomic E-state index is 10.7. The first-order valence-electron chi connectivity index (χ1n) is 6.17. The second kappa shape index (κ2) is 11.4. The van der Waals surface area contributed by atoms with Crippen LogP contribution in [-0.4, -0.2) is 11.6 Å². The summed E-state index contributed by atoms with van der Waals surface area (Å²) in [5.74, 6) is 0.0806. The van der Waals surface area contributed by atoms with Crippen molar-refractivity contribution in [3.8, 4) is 0 Å². The molecule has 0 N–H and O–H groups in total. The van der Waals surface area contributed by atoms with E-state index in [9.17, 15) is 9.59 Å². The van der Waals surface area contributed by atoms with Crippen LogP contribution in [-0.2, 0) is 9.59 Å². The van der Waals surface area contributed by atoms with Gasteiger partial charge in [0, 0.05) is 12.8 Å². The van der Waals surface area contributed by atoms with Crippen LogP contribution in [0.3, 0.4) is 0 Å². The molecule has 0 spiro atoms. The van der Waals surface area contributed by atoms with Crippen molar-refractivity contribution in [1.29, 1.82) is 0 Å². The average Bonchev–Trinajstić information content (AvgIpc) is 2.27. The topological polar surface area (TPSA) is 34.1 Å². The zero-order chi connectivity index (χ0) is 12.3. The minimum Gasteiger partial charge on any atom is -0.291 e. The Morgan fingerprint density at radius 2 is 1.53 bits per heavy atom. The van der Waals surface area contributed by atoms with Crippen molar-refractivity contribution in [3.05, 3.63) is 0 Å². The van der Waals surface area contributed by atoms with Gasteiger partial charge in [0.25, 0.3) is 0 Å². The van der Waals surface area contributed by atoms with Crippen molar-refractivity contribution in [2.24, 2.45) is 5.92 Å². The fourth-order valence-electron chi connectivity index (χ4n) is 1.05. The minimum absolute atomic E-state index is 0.172. The summed E-state index contributed by atoms with van der Waals surface area (Å²) < 4.78 is 0. The van der Waals surface area contributed by atoms with E-state index in [1.54, 1.807) is 0 Å². The second-order valence-corrected chi connectivity index (χ2v) is 3.69. The van der Waals surface area contributed by atoms with Gasteiger partial charge in [-0.1, -0.05) is 47.5 Å². The van der Waals surface area contributed by atoms with E-state index in [0.717, 1.165) is 6.42 Å². The van der Waals surface area contributed by atoms with Gasteiger partial charge < -0.3 is 0 Å². The molecule has 1 atom stereocenters. The molecule has 1 fully saturated rings. The van der Waals surface area contributed by atoms with E-state index < -0.39 is 0 Å². The summed E-state index contributed by atoms with van der Waals surface area (Å²) in [6.45, 7) is 10.4. The molecule has 0 heterocycles. The van der Waals surface area contributed by atoms with Gasteiger partial charge in [-0.15, -0.1) is 0 Å². The molecule has 15 heavy (non-hydrogen) atoms. The van der Waals surface area contributed by atoms with Gasteiger partial charge in [-0.3, -0.25) is 9.59 Å². The molecule has 0 aromatic rings. The molecule has 1 aliphatic carbocycles. The Hall–Kier alpha value is -0.660. The number of hydrogen-bond donors (Lipinski definition) is 0. The lowest BCUT2D eigenvalue weighted by Crippen LogP contribution is -2.22. The maximum atomic E-state index is 10.7. The molecule has 1 unspecified atom stereocenters. The van der Waals surface area contributed by atoms with E-state index in [-0.39, 0.29) is 11.6 Å². The van der Waals surface area contributed by atoms with Crippen LogP contribution >= 0.6 is 0 Å². The molecule has 0 aromatic carbocycles. The quantitative estimate of drug-likeness (QED) is 0.622. The van der Waals surface area contributed by atoms with E-state index in [1.165, 1.54) is 12.8 Å². The van der Waals surface area contributed by atoms with Crippen LogP contribution in [0.15, 0.2) is 0 Å². The molecule has 90 valence electrons. The summed E-state index contributed by atoms with van der Waals surface area (Å²) in [5.41, 5.74) is 0. The first-order chi connectivity index (χ1) is 7.11. The van der Waals surface area contributed by atoms with E-state index in [4.69, 9.17) is 0 Å². The third-order valence-corrected chi connectivity index (χ3v) is 2.21. The summed E-state index contributed by atoms with van der Waals surface area (Å²) in [5, 5.41) is 0.